The third kappa shape index (κ3) is 7.98. The van der Waals surface area contributed by atoms with Crippen molar-refractivity contribution in [1.29, 1.82) is 0 Å². The number of nitro benzene ring substituents is 1. The minimum Gasteiger partial charge on any atom is -0.490 e. The molecule has 0 aliphatic rings. The quantitative estimate of drug-likeness (QED) is 0.279. The lowest BCUT2D eigenvalue weighted by Crippen LogP contribution is -2.54. The zero-order valence-electron chi connectivity index (χ0n) is 20.0. The van der Waals surface area contributed by atoms with Crippen molar-refractivity contribution in [1.82, 2.24) is 10.6 Å². The van der Waals surface area contributed by atoms with Gasteiger partial charge in [-0.3, -0.25) is 14.9 Å². The van der Waals surface area contributed by atoms with Crippen LogP contribution in [0, 0.1) is 16.0 Å². The Bertz CT molecular complexity index is 1040. The first-order chi connectivity index (χ1) is 16.7. The molecule has 0 saturated carbocycles. The fourth-order valence-electron chi connectivity index (χ4n) is 3.26. The van der Waals surface area contributed by atoms with Crippen molar-refractivity contribution in [2.45, 2.75) is 39.0 Å². The fourth-order valence-corrected chi connectivity index (χ4v) is 3.26. The van der Waals surface area contributed by atoms with Gasteiger partial charge in [0.1, 0.15) is 18.7 Å². The van der Waals surface area contributed by atoms with E-state index in [0.717, 1.165) is 12.7 Å². The summed E-state index contributed by atoms with van der Waals surface area (Å²) in [5.41, 5.74) is 0.917. The zero-order chi connectivity index (χ0) is 26.0. The molecule has 0 aliphatic heterocycles. The summed E-state index contributed by atoms with van der Waals surface area (Å²) in [6, 6.07) is 11.1. The normalized spacial score (nSPS) is 12.3. The van der Waals surface area contributed by atoms with Crippen LogP contribution in [0.1, 0.15) is 25.0 Å². The third-order valence-electron chi connectivity index (χ3n) is 5.12. The van der Waals surface area contributed by atoms with Crippen LogP contribution >= 0.6 is 0 Å². The van der Waals surface area contributed by atoms with Crippen molar-refractivity contribution in [2.75, 3.05) is 14.2 Å². The molecule has 0 unspecified atom stereocenters. The van der Waals surface area contributed by atoms with Crippen molar-refractivity contribution >= 4 is 23.7 Å². The maximum atomic E-state index is 13.0. The van der Waals surface area contributed by atoms with Crippen LogP contribution in [0.15, 0.2) is 48.5 Å². The number of amides is 2. The van der Waals surface area contributed by atoms with Crippen LogP contribution in [-0.4, -0.2) is 49.2 Å². The Kier molecular flexibility index (Phi) is 10.0. The molecule has 0 saturated heterocycles. The van der Waals surface area contributed by atoms with E-state index >= 15 is 0 Å². The monoisotopic (exact) mass is 487 g/mol. The number of methoxy groups -OCH3 is 2. The fraction of sp³-hybridized carbons (Fsp3) is 0.375. The smallest absolute Gasteiger partial charge is 0.408 e. The molecule has 188 valence electrons. The van der Waals surface area contributed by atoms with Crippen molar-refractivity contribution in [3.8, 4) is 5.75 Å². The lowest BCUT2D eigenvalue weighted by atomic mass is 10.0. The number of rotatable bonds is 11. The van der Waals surface area contributed by atoms with Gasteiger partial charge in [-0.25, -0.2) is 9.59 Å². The molecule has 0 fully saturated rings. The molecular weight excluding hydrogens is 458 g/mol. The van der Waals surface area contributed by atoms with Crippen molar-refractivity contribution in [3.05, 3.63) is 69.8 Å². The molecule has 2 aromatic rings. The number of nitro groups is 1. The average molecular weight is 488 g/mol. The minimum atomic E-state index is -1.15. The van der Waals surface area contributed by atoms with Gasteiger partial charge in [-0.1, -0.05) is 50.2 Å². The summed E-state index contributed by atoms with van der Waals surface area (Å²) >= 11 is 0. The highest BCUT2D eigenvalue weighted by Gasteiger charge is 2.30. The van der Waals surface area contributed by atoms with E-state index in [1.54, 1.807) is 32.0 Å². The van der Waals surface area contributed by atoms with Crippen molar-refractivity contribution in [3.63, 3.8) is 0 Å². The highest BCUT2D eigenvalue weighted by atomic mass is 16.6. The van der Waals surface area contributed by atoms with Gasteiger partial charge in [0.25, 0.3) is 0 Å². The second kappa shape index (κ2) is 12.9. The third-order valence-corrected chi connectivity index (χ3v) is 5.12. The second-order valence-corrected chi connectivity index (χ2v) is 7.98. The number of nitrogens with zero attached hydrogens (tertiary/aromatic N) is 1. The van der Waals surface area contributed by atoms with Crippen LogP contribution in [0.2, 0.25) is 0 Å². The summed E-state index contributed by atoms with van der Waals surface area (Å²) < 4.78 is 15.0. The molecule has 0 spiro atoms. The van der Waals surface area contributed by atoms with Gasteiger partial charge < -0.3 is 24.8 Å². The number of esters is 1. The van der Waals surface area contributed by atoms with Crippen molar-refractivity contribution in [2.24, 2.45) is 5.92 Å². The Balaban J connectivity index is 2.11. The Labute approximate surface area is 202 Å². The van der Waals surface area contributed by atoms with Crippen LogP contribution in [0.4, 0.5) is 10.5 Å². The first-order valence-corrected chi connectivity index (χ1v) is 10.8. The number of carbonyl (C=O) groups is 3. The highest BCUT2D eigenvalue weighted by Crippen LogP contribution is 2.28. The minimum absolute atomic E-state index is 0.0279. The van der Waals surface area contributed by atoms with Gasteiger partial charge in [-0.2, -0.15) is 0 Å². The summed E-state index contributed by atoms with van der Waals surface area (Å²) in [6.45, 7) is 3.48. The molecule has 11 heteroatoms. The Morgan fingerprint density at radius 2 is 1.69 bits per heavy atom. The van der Waals surface area contributed by atoms with E-state index in [1.165, 1.54) is 19.2 Å². The lowest BCUT2D eigenvalue weighted by molar-refractivity contribution is -0.385. The van der Waals surface area contributed by atoms with Crippen LogP contribution in [0.3, 0.4) is 0 Å². The maximum Gasteiger partial charge on any atom is 0.408 e. The van der Waals surface area contributed by atoms with Gasteiger partial charge in [0, 0.05) is 12.5 Å². The van der Waals surface area contributed by atoms with Gasteiger partial charge in [0.2, 0.25) is 5.91 Å². The van der Waals surface area contributed by atoms with Crippen LogP contribution < -0.4 is 15.4 Å². The number of carbonyl (C=O) groups excluding carboxylic acids is 3. The predicted molar refractivity (Wildman–Crippen MR) is 126 cm³/mol. The summed E-state index contributed by atoms with van der Waals surface area (Å²) in [6.07, 6.45) is -0.866. The Morgan fingerprint density at radius 3 is 2.26 bits per heavy atom. The van der Waals surface area contributed by atoms with Gasteiger partial charge in [0.15, 0.2) is 5.75 Å². The summed E-state index contributed by atoms with van der Waals surface area (Å²) in [7, 11) is 2.47. The summed E-state index contributed by atoms with van der Waals surface area (Å²) in [5.74, 6) is -1.64. The van der Waals surface area contributed by atoms with Gasteiger partial charge in [-0.05, 0) is 23.1 Å². The second-order valence-electron chi connectivity index (χ2n) is 7.98. The van der Waals surface area contributed by atoms with Gasteiger partial charge in [-0.15, -0.1) is 0 Å². The number of benzene rings is 2. The standard InChI is InChI=1S/C24H29N3O8/c1-15(2)21(26-24(30)35-14-16-8-6-5-7-9-16)22(28)25-18(23(29)34-4)12-17-10-11-20(33-3)19(13-17)27(31)32/h5-11,13,15,18,21H,12,14H2,1-4H3,(H,25,28)(H,26,30)/t18-,21-/m0/s1. The predicted octanol–water partition coefficient (Wildman–Crippen LogP) is 2.75. The molecule has 2 rings (SSSR count). The van der Waals surface area contributed by atoms with Crippen LogP contribution in [-0.2, 0) is 32.1 Å². The molecule has 2 amide bonds. The van der Waals surface area contributed by atoms with E-state index in [0.29, 0.717) is 5.56 Å². The SMILES string of the molecule is COC(=O)[C@H](Cc1ccc(OC)c([N+](=O)[O-])c1)NC(=O)[C@@H](NC(=O)OCc1ccccc1)C(C)C. The van der Waals surface area contributed by atoms with Gasteiger partial charge >= 0.3 is 17.7 Å². The first kappa shape index (κ1) is 27.1. The summed E-state index contributed by atoms with van der Waals surface area (Å²) in [5, 5.41) is 16.4. The topological polar surface area (TPSA) is 146 Å². The van der Waals surface area contributed by atoms with E-state index in [2.05, 4.69) is 10.6 Å². The maximum absolute atomic E-state index is 13.0. The molecule has 35 heavy (non-hydrogen) atoms. The van der Waals surface area contributed by atoms with Gasteiger partial charge in [0.05, 0.1) is 19.1 Å². The number of hydrogen-bond donors (Lipinski definition) is 2. The van der Waals surface area contributed by atoms with E-state index in [1.807, 2.05) is 18.2 Å². The van der Waals surface area contributed by atoms with Crippen molar-refractivity contribution < 1.29 is 33.5 Å². The van der Waals surface area contributed by atoms with E-state index in [9.17, 15) is 24.5 Å². The molecule has 2 atom stereocenters. The van der Waals surface area contributed by atoms with E-state index < -0.39 is 35.0 Å². The molecule has 11 nitrogen and oxygen atoms in total. The largest absolute Gasteiger partial charge is 0.490 e. The number of nitrogens with one attached hydrogen (secondary N) is 2. The number of alkyl carbamates (subject to hydrolysis) is 1. The zero-order valence-corrected chi connectivity index (χ0v) is 20.0. The van der Waals surface area contributed by atoms with E-state index in [4.69, 9.17) is 14.2 Å². The molecule has 2 aromatic carbocycles. The molecule has 0 aromatic heterocycles. The average Bonchev–Trinajstić information content (AvgIpc) is 2.85. The van der Waals surface area contributed by atoms with Crippen LogP contribution in [0.25, 0.3) is 0 Å². The first-order valence-electron chi connectivity index (χ1n) is 10.8. The number of hydrogen-bond acceptors (Lipinski definition) is 8. The Hall–Kier alpha value is -4.15. The molecular formula is C24H29N3O8. The van der Waals surface area contributed by atoms with E-state index in [-0.39, 0.29) is 30.4 Å². The molecule has 0 heterocycles. The highest BCUT2D eigenvalue weighted by molar-refractivity contribution is 5.90. The lowest BCUT2D eigenvalue weighted by Gasteiger charge is -2.24. The Morgan fingerprint density at radius 1 is 1.00 bits per heavy atom. The van der Waals surface area contributed by atoms with Crippen LogP contribution in [0.5, 0.6) is 5.75 Å². The molecule has 2 N–H and O–H groups in total. The molecule has 0 bridgehead atoms. The number of ether oxygens (including phenoxy) is 3. The summed E-state index contributed by atoms with van der Waals surface area (Å²) in [4.78, 5) is 48.3. The molecule has 0 radical (unpaired) electrons. The molecule has 0 aliphatic carbocycles.